The van der Waals surface area contributed by atoms with Crippen molar-refractivity contribution in [3.63, 3.8) is 0 Å². The lowest BCUT2D eigenvalue weighted by Crippen LogP contribution is -2.54. The van der Waals surface area contributed by atoms with E-state index in [1.165, 1.54) is 6.07 Å². The third kappa shape index (κ3) is 3.60. The Bertz CT molecular complexity index is 1470. The zero-order valence-corrected chi connectivity index (χ0v) is 19.7. The summed E-state index contributed by atoms with van der Waals surface area (Å²) in [4.78, 5) is 32.8. The van der Waals surface area contributed by atoms with E-state index in [1.54, 1.807) is 36.1 Å². The van der Waals surface area contributed by atoms with Gasteiger partial charge in [0.05, 0.1) is 10.4 Å². The van der Waals surface area contributed by atoms with Gasteiger partial charge in [0.25, 0.3) is 11.6 Å². The summed E-state index contributed by atoms with van der Waals surface area (Å²) >= 11 is 6.21. The molecule has 2 aromatic carbocycles. The highest BCUT2D eigenvalue weighted by Gasteiger charge is 2.31. The SMILES string of the molecule is Cc1ccc(C(=O)N2CCN(c3nc4cc(Cl)ccc4c4nnc(C)n34)CC2C)cc1[N+](=O)[O-]. The second-order valence-electron chi connectivity index (χ2n) is 8.53. The van der Waals surface area contributed by atoms with Crippen LogP contribution >= 0.6 is 11.6 Å². The fraction of sp³-hybridized carbons (Fsp3) is 0.304. The second-order valence-corrected chi connectivity index (χ2v) is 8.97. The van der Waals surface area contributed by atoms with Crippen molar-refractivity contribution >= 4 is 45.7 Å². The summed E-state index contributed by atoms with van der Waals surface area (Å²) < 4.78 is 1.92. The predicted octanol–water partition coefficient (Wildman–Crippen LogP) is 3.81. The van der Waals surface area contributed by atoms with Crippen LogP contribution in [0.2, 0.25) is 5.02 Å². The average molecular weight is 480 g/mol. The first-order valence-electron chi connectivity index (χ1n) is 10.9. The van der Waals surface area contributed by atoms with Gasteiger partial charge in [-0.1, -0.05) is 17.7 Å². The van der Waals surface area contributed by atoms with E-state index in [-0.39, 0.29) is 17.6 Å². The lowest BCUT2D eigenvalue weighted by Gasteiger charge is -2.40. The Labute approximate surface area is 199 Å². The third-order valence-electron chi connectivity index (χ3n) is 6.27. The normalized spacial score (nSPS) is 16.4. The first-order valence-corrected chi connectivity index (χ1v) is 11.2. The quantitative estimate of drug-likeness (QED) is 0.324. The third-order valence-corrected chi connectivity index (χ3v) is 6.51. The first-order chi connectivity index (χ1) is 16.2. The standard InChI is InChI=1S/C23H22ClN7O3/c1-13-4-5-16(10-20(13)31(33)34)22(32)29-9-8-28(12-14(29)2)23-25-19-11-17(24)6-7-18(19)21-27-26-15(3)30(21)23/h4-7,10-11,14H,8-9,12H2,1-3H3. The molecular formula is C23H22ClN7O3. The number of fused-ring (bicyclic) bond motifs is 3. The summed E-state index contributed by atoms with van der Waals surface area (Å²) in [5, 5.41) is 21.3. The zero-order valence-electron chi connectivity index (χ0n) is 18.9. The molecule has 3 heterocycles. The molecule has 0 bridgehead atoms. The van der Waals surface area contributed by atoms with Gasteiger partial charge in [-0.2, -0.15) is 0 Å². The lowest BCUT2D eigenvalue weighted by molar-refractivity contribution is -0.385. The van der Waals surface area contributed by atoms with Crippen molar-refractivity contribution in [1.29, 1.82) is 0 Å². The maximum atomic E-state index is 13.2. The number of piperazine rings is 1. The Morgan fingerprint density at radius 2 is 1.94 bits per heavy atom. The van der Waals surface area contributed by atoms with Gasteiger partial charge in [0, 0.05) is 53.3 Å². The lowest BCUT2D eigenvalue weighted by atomic mass is 10.1. The van der Waals surface area contributed by atoms with E-state index in [4.69, 9.17) is 16.6 Å². The van der Waals surface area contributed by atoms with E-state index >= 15 is 0 Å². The number of carbonyl (C=O) groups is 1. The van der Waals surface area contributed by atoms with Crippen LogP contribution in [0.4, 0.5) is 11.6 Å². The van der Waals surface area contributed by atoms with Gasteiger partial charge in [0.15, 0.2) is 5.65 Å². The topological polar surface area (TPSA) is 110 Å². The van der Waals surface area contributed by atoms with Gasteiger partial charge in [-0.05, 0) is 45.0 Å². The van der Waals surface area contributed by atoms with E-state index in [1.807, 2.05) is 24.3 Å². The molecule has 1 aliphatic rings. The zero-order chi connectivity index (χ0) is 24.1. The number of carbonyl (C=O) groups excluding carboxylic acids is 1. The largest absolute Gasteiger partial charge is 0.338 e. The van der Waals surface area contributed by atoms with Crippen LogP contribution in [0.25, 0.3) is 16.6 Å². The number of nitro benzene ring substituents is 1. The van der Waals surface area contributed by atoms with E-state index in [0.29, 0.717) is 53.2 Å². The Balaban J connectivity index is 1.46. The molecule has 1 unspecified atom stereocenters. The first kappa shape index (κ1) is 22.0. The maximum absolute atomic E-state index is 13.2. The van der Waals surface area contributed by atoms with E-state index in [2.05, 4.69) is 15.1 Å². The molecule has 1 amide bonds. The number of amides is 1. The number of hydrogen-bond acceptors (Lipinski definition) is 7. The van der Waals surface area contributed by atoms with Gasteiger partial charge in [0.2, 0.25) is 5.95 Å². The number of halogens is 1. The molecule has 1 atom stereocenters. The molecule has 4 aromatic rings. The highest BCUT2D eigenvalue weighted by atomic mass is 35.5. The number of anilines is 1. The van der Waals surface area contributed by atoms with Crippen LogP contribution < -0.4 is 4.90 Å². The predicted molar refractivity (Wildman–Crippen MR) is 129 cm³/mol. The summed E-state index contributed by atoms with van der Waals surface area (Å²) in [5.41, 5.74) is 2.21. The molecule has 0 saturated carbocycles. The van der Waals surface area contributed by atoms with Crippen LogP contribution in [0.3, 0.4) is 0 Å². The molecule has 0 spiro atoms. The van der Waals surface area contributed by atoms with Crippen molar-refractivity contribution in [2.45, 2.75) is 26.8 Å². The Kier molecular flexibility index (Phi) is 5.32. The second kappa shape index (κ2) is 8.21. The fourth-order valence-corrected chi connectivity index (χ4v) is 4.64. The van der Waals surface area contributed by atoms with Gasteiger partial charge in [0.1, 0.15) is 5.82 Å². The Morgan fingerprint density at radius 1 is 1.15 bits per heavy atom. The van der Waals surface area contributed by atoms with Crippen LogP contribution in [-0.2, 0) is 0 Å². The minimum absolute atomic E-state index is 0.0540. The highest BCUT2D eigenvalue weighted by molar-refractivity contribution is 6.31. The highest BCUT2D eigenvalue weighted by Crippen LogP contribution is 2.28. The van der Waals surface area contributed by atoms with Crippen LogP contribution in [0, 0.1) is 24.0 Å². The number of hydrogen-bond donors (Lipinski definition) is 0. The number of nitrogens with zero attached hydrogens (tertiary/aromatic N) is 7. The number of rotatable bonds is 3. The molecular weight excluding hydrogens is 458 g/mol. The molecule has 1 fully saturated rings. The summed E-state index contributed by atoms with van der Waals surface area (Å²) in [6, 6.07) is 9.96. The summed E-state index contributed by atoms with van der Waals surface area (Å²) in [5.74, 6) is 1.18. The van der Waals surface area contributed by atoms with Crippen molar-refractivity contribution in [2.75, 3.05) is 24.5 Å². The summed E-state index contributed by atoms with van der Waals surface area (Å²) in [6.45, 7) is 7.01. The monoisotopic (exact) mass is 479 g/mol. The molecule has 0 aliphatic carbocycles. The molecule has 11 heteroatoms. The van der Waals surface area contributed by atoms with Gasteiger partial charge >= 0.3 is 0 Å². The van der Waals surface area contributed by atoms with Gasteiger partial charge < -0.3 is 9.80 Å². The Hall–Kier alpha value is -3.79. The number of aryl methyl sites for hydroxylation is 2. The van der Waals surface area contributed by atoms with Crippen molar-refractivity contribution in [1.82, 2.24) is 24.5 Å². The fourth-order valence-electron chi connectivity index (χ4n) is 4.48. The number of nitro groups is 1. The van der Waals surface area contributed by atoms with Gasteiger partial charge in [-0.15, -0.1) is 10.2 Å². The molecule has 2 aromatic heterocycles. The van der Waals surface area contributed by atoms with Gasteiger partial charge in [-0.3, -0.25) is 14.9 Å². The molecule has 174 valence electrons. The summed E-state index contributed by atoms with van der Waals surface area (Å²) in [6.07, 6.45) is 0. The number of benzene rings is 2. The van der Waals surface area contributed by atoms with Crippen molar-refractivity contribution in [3.05, 3.63) is 68.5 Å². The van der Waals surface area contributed by atoms with E-state index in [0.717, 1.165) is 10.9 Å². The van der Waals surface area contributed by atoms with E-state index < -0.39 is 4.92 Å². The molecule has 0 radical (unpaired) electrons. The minimum atomic E-state index is -0.460. The van der Waals surface area contributed by atoms with Crippen molar-refractivity contribution < 1.29 is 9.72 Å². The van der Waals surface area contributed by atoms with Gasteiger partial charge in [-0.25, -0.2) is 9.38 Å². The van der Waals surface area contributed by atoms with E-state index in [9.17, 15) is 14.9 Å². The van der Waals surface area contributed by atoms with Crippen LogP contribution in [-0.4, -0.2) is 61.0 Å². The van der Waals surface area contributed by atoms with Crippen molar-refractivity contribution in [2.24, 2.45) is 0 Å². The average Bonchev–Trinajstić information content (AvgIpc) is 3.19. The molecule has 34 heavy (non-hydrogen) atoms. The molecule has 5 rings (SSSR count). The Morgan fingerprint density at radius 3 is 2.68 bits per heavy atom. The maximum Gasteiger partial charge on any atom is 0.273 e. The summed E-state index contributed by atoms with van der Waals surface area (Å²) in [7, 11) is 0. The van der Waals surface area contributed by atoms with Crippen LogP contribution in [0.5, 0.6) is 0 Å². The number of aromatic nitrogens is 4. The molecule has 1 saturated heterocycles. The van der Waals surface area contributed by atoms with Crippen LogP contribution in [0.15, 0.2) is 36.4 Å². The molecule has 1 aliphatic heterocycles. The smallest absolute Gasteiger partial charge is 0.273 e. The van der Waals surface area contributed by atoms with Crippen molar-refractivity contribution in [3.8, 4) is 0 Å². The minimum Gasteiger partial charge on any atom is -0.338 e. The molecule has 0 N–H and O–H groups in total. The molecule has 10 nitrogen and oxygen atoms in total. The van der Waals surface area contributed by atoms with Crippen LogP contribution in [0.1, 0.15) is 28.7 Å².